The minimum atomic E-state index is -0.230. The second-order valence-corrected chi connectivity index (χ2v) is 6.82. The van der Waals surface area contributed by atoms with E-state index in [-0.39, 0.29) is 25.0 Å². The Balaban J connectivity index is 1.90. The van der Waals surface area contributed by atoms with E-state index in [0.717, 1.165) is 31.2 Å². The third-order valence-corrected chi connectivity index (χ3v) is 5.27. The van der Waals surface area contributed by atoms with Gasteiger partial charge in [0.25, 0.3) is 11.8 Å². The minimum Gasteiger partial charge on any atom is -0.395 e. The number of anilines is 1. The van der Waals surface area contributed by atoms with E-state index in [0.29, 0.717) is 16.1 Å². The van der Waals surface area contributed by atoms with E-state index >= 15 is 0 Å². The van der Waals surface area contributed by atoms with Gasteiger partial charge >= 0.3 is 0 Å². The zero-order chi connectivity index (χ0) is 16.9. The van der Waals surface area contributed by atoms with Crippen molar-refractivity contribution >= 4 is 28.2 Å². The number of aryl methyl sites for hydroxylation is 1. The average Bonchev–Trinajstić information content (AvgIpc) is 2.98. The number of thiophene rings is 1. The van der Waals surface area contributed by atoms with E-state index in [2.05, 4.69) is 10.6 Å². The molecule has 1 aliphatic rings. The summed E-state index contributed by atoms with van der Waals surface area (Å²) < 4.78 is 0. The maximum Gasteiger partial charge on any atom is 0.256 e. The third kappa shape index (κ3) is 3.49. The normalized spacial score (nSPS) is 13.2. The summed E-state index contributed by atoms with van der Waals surface area (Å²) >= 11 is 1.49. The Morgan fingerprint density at radius 3 is 2.58 bits per heavy atom. The number of aliphatic hydroxyl groups excluding tert-OH is 1. The Morgan fingerprint density at radius 1 is 1.08 bits per heavy atom. The van der Waals surface area contributed by atoms with Crippen LogP contribution in [-0.2, 0) is 12.8 Å². The number of fused-ring (bicyclic) bond motifs is 1. The molecule has 5 nitrogen and oxygen atoms in total. The standard InChI is InChI=1S/C18H20N2O3S/c21-11-10-19-17(23)15-13-8-4-5-9-14(13)24-18(15)20-16(22)12-6-2-1-3-7-12/h1-3,6-7,21H,4-5,8-11H2,(H,19,23)(H,20,22). The summed E-state index contributed by atoms with van der Waals surface area (Å²) in [5.74, 6) is -0.447. The molecule has 2 aromatic rings. The highest BCUT2D eigenvalue weighted by molar-refractivity contribution is 7.17. The lowest BCUT2D eigenvalue weighted by Gasteiger charge is -2.13. The molecular formula is C18H20N2O3S. The molecule has 0 bridgehead atoms. The molecule has 6 heteroatoms. The maximum absolute atomic E-state index is 12.5. The average molecular weight is 344 g/mol. The van der Waals surface area contributed by atoms with Gasteiger partial charge in [0, 0.05) is 17.0 Å². The second kappa shape index (κ2) is 7.59. The van der Waals surface area contributed by atoms with E-state index in [9.17, 15) is 9.59 Å². The van der Waals surface area contributed by atoms with Gasteiger partial charge in [0.15, 0.2) is 0 Å². The summed E-state index contributed by atoms with van der Waals surface area (Å²) in [6, 6.07) is 8.96. The number of carbonyl (C=O) groups excluding carboxylic acids is 2. The Bertz CT molecular complexity index is 740. The zero-order valence-corrected chi connectivity index (χ0v) is 14.1. The lowest BCUT2D eigenvalue weighted by molar-refractivity contribution is 0.0945. The van der Waals surface area contributed by atoms with Gasteiger partial charge in [-0.25, -0.2) is 0 Å². The monoisotopic (exact) mass is 344 g/mol. The Hall–Kier alpha value is -2.18. The fourth-order valence-electron chi connectivity index (χ4n) is 2.92. The molecule has 0 atom stereocenters. The maximum atomic E-state index is 12.5. The van der Waals surface area contributed by atoms with Crippen LogP contribution in [0.2, 0.25) is 0 Å². The Labute approximate surface area is 144 Å². The van der Waals surface area contributed by atoms with Crippen LogP contribution in [0.3, 0.4) is 0 Å². The number of benzene rings is 1. The third-order valence-electron chi connectivity index (χ3n) is 4.06. The van der Waals surface area contributed by atoms with Crippen molar-refractivity contribution in [2.75, 3.05) is 18.5 Å². The van der Waals surface area contributed by atoms with Crippen LogP contribution in [-0.4, -0.2) is 30.1 Å². The van der Waals surface area contributed by atoms with Gasteiger partial charge in [-0.2, -0.15) is 0 Å². The van der Waals surface area contributed by atoms with E-state index in [1.165, 1.54) is 16.2 Å². The van der Waals surface area contributed by atoms with Crippen molar-refractivity contribution in [3.8, 4) is 0 Å². The van der Waals surface area contributed by atoms with Gasteiger partial charge in [0.1, 0.15) is 5.00 Å². The minimum absolute atomic E-state index is 0.107. The summed E-state index contributed by atoms with van der Waals surface area (Å²) in [6.07, 6.45) is 3.96. The molecule has 1 heterocycles. The summed E-state index contributed by atoms with van der Waals surface area (Å²) in [4.78, 5) is 26.1. The Morgan fingerprint density at radius 2 is 1.83 bits per heavy atom. The van der Waals surface area contributed by atoms with Crippen molar-refractivity contribution in [3.05, 3.63) is 51.9 Å². The van der Waals surface area contributed by atoms with Gasteiger partial charge in [0.2, 0.25) is 0 Å². The molecule has 126 valence electrons. The smallest absolute Gasteiger partial charge is 0.256 e. The van der Waals surface area contributed by atoms with Crippen molar-refractivity contribution < 1.29 is 14.7 Å². The topological polar surface area (TPSA) is 78.4 Å². The van der Waals surface area contributed by atoms with E-state index in [4.69, 9.17) is 5.11 Å². The van der Waals surface area contributed by atoms with Gasteiger partial charge in [-0.3, -0.25) is 9.59 Å². The molecule has 0 spiro atoms. The van der Waals surface area contributed by atoms with Crippen molar-refractivity contribution in [2.45, 2.75) is 25.7 Å². The van der Waals surface area contributed by atoms with E-state index < -0.39 is 0 Å². The first-order chi connectivity index (χ1) is 11.7. The first-order valence-electron chi connectivity index (χ1n) is 8.10. The molecule has 0 aliphatic heterocycles. The van der Waals surface area contributed by atoms with Crippen LogP contribution < -0.4 is 10.6 Å². The van der Waals surface area contributed by atoms with Crippen LogP contribution in [0, 0.1) is 0 Å². The highest BCUT2D eigenvalue weighted by atomic mass is 32.1. The molecule has 24 heavy (non-hydrogen) atoms. The lowest BCUT2D eigenvalue weighted by Crippen LogP contribution is -2.28. The molecule has 3 N–H and O–H groups in total. The lowest BCUT2D eigenvalue weighted by atomic mass is 9.95. The summed E-state index contributed by atoms with van der Waals surface area (Å²) in [5, 5.41) is 15.1. The van der Waals surface area contributed by atoms with Gasteiger partial charge in [0.05, 0.1) is 12.2 Å². The fourth-order valence-corrected chi connectivity index (χ4v) is 4.20. The highest BCUT2D eigenvalue weighted by Gasteiger charge is 2.26. The van der Waals surface area contributed by atoms with Crippen LogP contribution in [0.15, 0.2) is 30.3 Å². The summed E-state index contributed by atoms with van der Waals surface area (Å²) in [5.41, 5.74) is 2.17. The molecular weight excluding hydrogens is 324 g/mol. The number of carbonyl (C=O) groups is 2. The van der Waals surface area contributed by atoms with Crippen molar-refractivity contribution in [1.29, 1.82) is 0 Å². The molecule has 3 rings (SSSR count). The predicted molar refractivity (Wildman–Crippen MR) is 94.8 cm³/mol. The largest absolute Gasteiger partial charge is 0.395 e. The first-order valence-corrected chi connectivity index (χ1v) is 8.92. The number of rotatable bonds is 5. The van der Waals surface area contributed by atoms with Gasteiger partial charge < -0.3 is 15.7 Å². The number of nitrogens with one attached hydrogen (secondary N) is 2. The van der Waals surface area contributed by atoms with Crippen LogP contribution in [0.1, 0.15) is 44.0 Å². The molecule has 0 radical (unpaired) electrons. The quantitative estimate of drug-likeness (QED) is 0.780. The van der Waals surface area contributed by atoms with Crippen molar-refractivity contribution in [1.82, 2.24) is 5.32 Å². The van der Waals surface area contributed by atoms with E-state index in [1.54, 1.807) is 12.1 Å². The van der Waals surface area contributed by atoms with Crippen LogP contribution in [0.25, 0.3) is 0 Å². The SMILES string of the molecule is O=C(Nc1sc2c(c1C(=O)NCCO)CCCC2)c1ccccc1. The second-order valence-electron chi connectivity index (χ2n) is 5.71. The fraction of sp³-hybridized carbons (Fsp3) is 0.333. The van der Waals surface area contributed by atoms with Gasteiger partial charge in [-0.15, -0.1) is 11.3 Å². The van der Waals surface area contributed by atoms with Crippen LogP contribution in [0.5, 0.6) is 0 Å². The Kier molecular flexibility index (Phi) is 5.27. The van der Waals surface area contributed by atoms with E-state index in [1.807, 2.05) is 18.2 Å². The van der Waals surface area contributed by atoms with Crippen molar-refractivity contribution in [2.24, 2.45) is 0 Å². The summed E-state index contributed by atoms with van der Waals surface area (Å²) in [7, 11) is 0. The number of hydrogen-bond acceptors (Lipinski definition) is 4. The van der Waals surface area contributed by atoms with Crippen molar-refractivity contribution in [3.63, 3.8) is 0 Å². The number of aliphatic hydroxyl groups is 1. The predicted octanol–water partition coefficient (Wildman–Crippen LogP) is 2.60. The van der Waals surface area contributed by atoms with Gasteiger partial charge in [-0.05, 0) is 43.4 Å². The molecule has 1 aromatic heterocycles. The molecule has 1 aliphatic carbocycles. The molecule has 0 fully saturated rings. The molecule has 0 unspecified atom stereocenters. The number of hydrogen-bond donors (Lipinski definition) is 3. The van der Waals surface area contributed by atoms with Gasteiger partial charge in [-0.1, -0.05) is 18.2 Å². The molecule has 1 aromatic carbocycles. The number of amides is 2. The molecule has 2 amide bonds. The first kappa shape index (κ1) is 16.7. The summed E-state index contributed by atoms with van der Waals surface area (Å²) in [6.45, 7) is 0.0965. The highest BCUT2D eigenvalue weighted by Crippen LogP contribution is 2.38. The molecule has 0 saturated heterocycles. The van der Waals surface area contributed by atoms with Crippen LogP contribution in [0.4, 0.5) is 5.00 Å². The van der Waals surface area contributed by atoms with Crippen LogP contribution >= 0.6 is 11.3 Å². The molecule has 0 saturated carbocycles. The zero-order valence-electron chi connectivity index (χ0n) is 13.3.